The smallest absolute Gasteiger partial charge is 0.186 e. The summed E-state index contributed by atoms with van der Waals surface area (Å²) in [7, 11) is 1.52. The van der Waals surface area contributed by atoms with Gasteiger partial charge in [0.05, 0.1) is 24.3 Å². The van der Waals surface area contributed by atoms with Gasteiger partial charge in [0.1, 0.15) is 17.0 Å². The van der Waals surface area contributed by atoms with Crippen molar-refractivity contribution >= 4 is 23.0 Å². The topological polar surface area (TPSA) is 76.0 Å². The number of Topliss-reactive ketones (excluding diaryl/α,β-unsaturated/α-hetero) is 1. The molecule has 5 nitrogen and oxygen atoms in total. The van der Waals surface area contributed by atoms with E-state index in [0.29, 0.717) is 22.7 Å². The van der Waals surface area contributed by atoms with Gasteiger partial charge < -0.3 is 9.84 Å². The van der Waals surface area contributed by atoms with Gasteiger partial charge in [-0.1, -0.05) is 6.07 Å². The van der Waals surface area contributed by atoms with E-state index in [1.165, 1.54) is 33.1 Å². The average Bonchev–Trinajstić information content (AvgIpc) is 2.48. The minimum atomic E-state index is -1.45. The number of hydrogen-bond donors (Lipinski definition) is 1. The molecule has 0 saturated heterocycles. The first-order valence-electron chi connectivity index (χ1n) is 7.42. The second kappa shape index (κ2) is 6.08. The van der Waals surface area contributed by atoms with Gasteiger partial charge in [0.15, 0.2) is 11.6 Å². The van der Waals surface area contributed by atoms with Crippen molar-refractivity contribution in [2.45, 2.75) is 33.3 Å². The van der Waals surface area contributed by atoms with Gasteiger partial charge >= 0.3 is 0 Å². The maximum Gasteiger partial charge on any atom is 0.186 e. The molecule has 2 rings (SSSR count). The number of aryl methyl sites for hydroxylation is 1. The fraction of sp³-hybridized carbons (Fsp3) is 0.389. The van der Waals surface area contributed by atoms with Crippen LogP contribution in [0, 0.1) is 12.8 Å². The van der Waals surface area contributed by atoms with Crippen LogP contribution >= 0.6 is 0 Å². The summed E-state index contributed by atoms with van der Waals surface area (Å²) in [5.74, 6) is -0.437. The highest BCUT2D eigenvalue weighted by atomic mass is 16.5. The van der Waals surface area contributed by atoms with Crippen LogP contribution in [-0.2, 0) is 4.79 Å². The number of aliphatic imine (C=N–C) groups is 1. The molecule has 1 aliphatic rings. The van der Waals surface area contributed by atoms with E-state index in [1.54, 1.807) is 13.0 Å². The van der Waals surface area contributed by atoms with E-state index in [0.717, 1.165) is 5.56 Å². The monoisotopic (exact) mass is 315 g/mol. The van der Waals surface area contributed by atoms with Crippen molar-refractivity contribution < 1.29 is 19.4 Å². The lowest BCUT2D eigenvalue weighted by molar-refractivity contribution is -0.128. The van der Waals surface area contributed by atoms with Crippen molar-refractivity contribution in [3.63, 3.8) is 0 Å². The number of carbonyl (C=O) groups excluding carboxylic acids is 2. The van der Waals surface area contributed by atoms with Crippen LogP contribution in [0.4, 0.5) is 5.69 Å². The summed E-state index contributed by atoms with van der Waals surface area (Å²) >= 11 is 0. The number of nitrogens with zero attached hydrogens (tertiary/aromatic N) is 1. The lowest BCUT2D eigenvalue weighted by Gasteiger charge is -2.22. The maximum absolute atomic E-state index is 12.7. The number of hydrogen-bond acceptors (Lipinski definition) is 5. The molecule has 0 amide bonds. The molecule has 0 aliphatic carbocycles. The minimum absolute atomic E-state index is 0.0539. The van der Waals surface area contributed by atoms with Gasteiger partial charge in [-0.15, -0.1) is 0 Å². The van der Waals surface area contributed by atoms with Crippen LogP contribution < -0.4 is 4.74 Å². The number of ether oxygens (including phenoxy) is 1. The third-order valence-corrected chi connectivity index (χ3v) is 3.90. The fourth-order valence-corrected chi connectivity index (χ4v) is 2.38. The number of carbonyl (C=O) groups is 2. The van der Waals surface area contributed by atoms with E-state index in [2.05, 4.69) is 4.99 Å². The fourth-order valence-electron chi connectivity index (χ4n) is 2.38. The zero-order valence-electron chi connectivity index (χ0n) is 14.0. The summed E-state index contributed by atoms with van der Waals surface area (Å²) < 4.78 is 5.29. The number of allylic oxidation sites excluding steroid dienone is 1. The van der Waals surface area contributed by atoms with Crippen LogP contribution in [0.15, 0.2) is 29.3 Å². The molecule has 1 heterocycles. The zero-order valence-corrected chi connectivity index (χ0v) is 14.0. The molecule has 1 aliphatic heterocycles. The third kappa shape index (κ3) is 3.24. The molecule has 1 aromatic rings. The molecule has 0 aromatic heterocycles. The van der Waals surface area contributed by atoms with Crippen LogP contribution in [0.2, 0.25) is 0 Å². The zero-order chi connectivity index (χ0) is 17.4. The number of rotatable bonds is 4. The van der Waals surface area contributed by atoms with Crippen LogP contribution in [0.1, 0.15) is 36.7 Å². The van der Waals surface area contributed by atoms with Gasteiger partial charge in [-0.25, -0.2) is 4.99 Å². The number of fused-ring (bicyclic) bond motifs is 1. The normalized spacial score (nSPS) is 17.9. The first kappa shape index (κ1) is 17.1. The molecule has 23 heavy (non-hydrogen) atoms. The molecule has 1 atom stereocenters. The molecular formula is C18H21NO4. The SMILES string of the molecule is COc1ccc(C)c2c1N=C(C=CC(=O)C(C)(C)O)C(C)C2=O. The minimum Gasteiger partial charge on any atom is -0.494 e. The number of methoxy groups -OCH3 is 1. The summed E-state index contributed by atoms with van der Waals surface area (Å²) in [6.45, 7) is 6.44. The molecule has 0 spiro atoms. The number of ketones is 2. The summed E-state index contributed by atoms with van der Waals surface area (Å²) in [5.41, 5.74) is 0.917. The van der Waals surface area contributed by atoms with E-state index in [4.69, 9.17) is 4.74 Å². The van der Waals surface area contributed by atoms with Crippen molar-refractivity contribution in [1.82, 2.24) is 0 Å². The van der Waals surface area contributed by atoms with Crippen molar-refractivity contribution in [1.29, 1.82) is 0 Å². The Labute approximate surface area is 135 Å². The Balaban J connectivity index is 2.51. The molecule has 122 valence electrons. The van der Waals surface area contributed by atoms with Gasteiger partial charge in [-0.3, -0.25) is 9.59 Å². The molecule has 1 aromatic carbocycles. The summed E-state index contributed by atoms with van der Waals surface area (Å²) in [6, 6.07) is 3.60. The molecule has 1 unspecified atom stereocenters. The van der Waals surface area contributed by atoms with Crippen molar-refractivity contribution in [3.8, 4) is 5.75 Å². The highest BCUT2D eigenvalue weighted by Gasteiger charge is 2.30. The van der Waals surface area contributed by atoms with E-state index in [-0.39, 0.29) is 5.78 Å². The van der Waals surface area contributed by atoms with E-state index in [1.807, 2.05) is 13.0 Å². The molecule has 0 fully saturated rings. The Kier molecular flexibility index (Phi) is 4.52. The van der Waals surface area contributed by atoms with Gasteiger partial charge in [-0.2, -0.15) is 0 Å². The van der Waals surface area contributed by atoms with Crippen LogP contribution in [-0.4, -0.2) is 35.1 Å². The first-order valence-corrected chi connectivity index (χ1v) is 7.42. The Morgan fingerprint density at radius 3 is 2.61 bits per heavy atom. The second-order valence-corrected chi connectivity index (χ2v) is 6.19. The van der Waals surface area contributed by atoms with Crippen molar-refractivity contribution in [3.05, 3.63) is 35.4 Å². The predicted octanol–water partition coefficient (Wildman–Crippen LogP) is 2.80. The highest BCUT2D eigenvalue weighted by Crippen LogP contribution is 2.39. The van der Waals surface area contributed by atoms with Crippen molar-refractivity contribution in [2.24, 2.45) is 10.9 Å². The molecule has 0 saturated carbocycles. The maximum atomic E-state index is 12.7. The van der Waals surface area contributed by atoms with Gasteiger partial charge in [0.2, 0.25) is 0 Å². The first-order chi connectivity index (χ1) is 10.7. The molecule has 1 N–H and O–H groups in total. The number of benzene rings is 1. The quantitative estimate of drug-likeness (QED) is 0.867. The lowest BCUT2D eigenvalue weighted by Crippen LogP contribution is -2.30. The largest absolute Gasteiger partial charge is 0.494 e. The Morgan fingerprint density at radius 1 is 1.39 bits per heavy atom. The van der Waals surface area contributed by atoms with Gasteiger partial charge in [0.25, 0.3) is 0 Å². The summed E-state index contributed by atoms with van der Waals surface area (Å²) in [4.78, 5) is 29.0. The van der Waals surface area contributed by atoms with Crippen LogP contribution in [0.3, 0.4) is 0 Å². The Morgan fingerprint density at radius 2 is 2.04 bits per heavy atom. The molecule has 0 bridgehead atoms. The lowest BCUT2D eigenvalue weighted by atomic mass is 9.87. The van der Waals surface area contributed by atoms with E-state index < -0.39 is 17.3 Å². The predicted molar refractivity (Wildman–Crippen MR) is 88.8 cm³/mol. The number of aliphatic hydroxyl groups is 1. The van der Waals surface area contributed by atoms with Gasteiger partial charge in [-0.05, 0) is 51.5 Å². The third-order valence-electron chi connectivity index (χ3n) is 3.90. The molecular weight excluding hydrogens is 294 g/mol. The molecule has 0 radical (unpaired) electrons. The highest BCUT2D eigenvalue weighted by molar-refractivity contribution is 6.22. The van der Waals surface area contributed by atoms with Crippen LogP contribution in [0.5, 0.6) is 5.75 Å². The van der Waals surface area contributed by atoms with E-state index in [9.17, 15) is 14.7 Å². The summed E-state index contributed by atoms with van der Waals surface area (Å²) in [5, 5.41) is 9.68. The molecule has 5 heteroatoms. The van der Waals surface area contributed by atoms with Gasteiger partial charge in [0, 0.05) is 0 Å². The van der Waals surface area contributed by atoms with Crippen molar-refractivity contribution in [2.75, 3.05) is 7.11 Å². The second-order valence-electron chi connectivity index (χ2n) is 6.19. The average molecular weight is 315 g/mol. The Hall–Kier alpha value is -2.27. The van der Waals surface area contributed by atoms with Crippen LogP contribution in [0.25, 0.3) is 0 Å². The summed E-state index contributed by atoms with van der Waals surface area (Å²) in [6.07, 6.45) is 2.75. The Bertz CT molecular complexity index is 723. The van der Waals surface area contributed by atoms with E-state index >= 15 is 0 Å². The standard InChI is InChI=1S/C18H21NO4/c1-10-6-8-13(23-5)16-15(10)17(21)11(2)12(19-16)7-9-14(20)18(3,4)22/h6-9,11,22H,1-5H3.